The number of amides is 2. The first-order valence-electron chi connectivity index (χ1n) is 5.88. The fourth-order valence-electron chi connectivity index (χ4n) is 2.20. The third-order valence-corrected chi connectivity index (χ3v) is 3.10. The van der Waals surface area contributed by atoms with E-state index in [9.17, 15) is 9.59 Å². The lowest BCUT2D eigenvalue weighted by molar-refractivity contribution is -0.148. The quantitative estimate of drug-likeness (QED) is 0.760. The van der Waals surface area contributed by atoms with Gasteiger partial charge in [0.1, 0.15) is 0 Å². The van der Waals surface area contributed by atoms with E-state index in [1.165, 1.54) is 0 Å². The number of carbonyl (C=O) groups is 2. The van der Waals surface area contributed by atoms with Gasteiger partial charge in [-0.3, -0.25) is 9.59 Å². The minimum atomic E-state index is -0.516. The van der Waals surface area contributed by atoms with E-state index in [1.54, 1.807) is 4.90 Å². The van der Waals surface area contributed by atoms with Crippen LogP contribution in [0.1, 0.15) is 5.69 Å². The molecular formula is C13H13N3O2. The molecule has 0 radical (unpaired) electrons. The average molecular weight is 243 g/mol. The monoisotopic (exact) mass is 243 g/mol. The number of para-hydroxylation sites is 1. The van der Waals surface area contributed by atoms with Gasteiger partial charge in [0, 0.05) is 24.3 Å². The first-order valence-corrected chi connectivity index (χ1v) is 5.88. The smallest absolute Gasteiger partial charge is 0.312 e. The number of piperazine rings is 1. The zero-order valence-corrected chi connectivity index (χ0v) is 9.77. The lowest BCUT2D eigenvalue weighted by Crippen LogP contribution is -2.51. The average Bonchev–Trinajstić information content (AvgIpc) is 2.77. The maximum Gasteiger partial charge on any atom is 0.312 e. The first kappa shape index (κ1) is 10.8. The summed E-state index contributed by atoms with van der Waals surface area (Å²) in [5.41, 5.74) is 1.99. The predicted molar refractivity (Wildman–Crippen MR) is 66.7 cm³/mol. The van der Waals surface area contributed by atoms with Gasteiger partial charge in [-0.1, -0.05) is 18.2 Å². The number of carbonyl (C=O) groups excluding carboxylic acids is 2. The maximum atomic E-state index is 11.6. The number of hydrogen-bond acceptors (Lipinski definition) is 2. The second-order valence-electron chi connectivity index (χ2n) is 4.36. The van der Waals surface area contributed by atoms with Crippen molar-refractivity contribution < 1.29 is 9.59 Å². The van der Waals surface area contributed by atoms with Gasteiger partial charge in [0.15, 0.2) is 0 Å². The van der Waals surface area contributed by atoms with Crippen LogP contribution in [0.15, 0.2) is 30.3 Å². The fraction of sp³-hybridized carbons (Fsp3) is 0.231. The Labute approximate surface area is 104 Å². The molecule has 3 rings (SSSR count). The molecule has 1 aliphatic rings. The largest absolute Gasteiger partial charge is 0.357 e. The Morgan fingerprint density at radius 1 is 1.22 bits per heavy atom. The summed E-state index contributed by atoms with van der Waals surface area (Å²) in [5, 5.41) is 3.65. The second-order valence-corrected chi connectivity index (χ2v) is 4.36. The van der Waals surface area contributed by atoms with E-state index in [2.05, 4.69) is 10.3 Å². The molecule has 0 spiro atoms. The summed E-state index contributed by atoms with van der Waals surface area (Å²) in [6.45, 7) is 1.52. The Morgan fingerprint density at radius 3 is 2.89 bits per heavy atom. The van der Waals surface area contributed by atoms with Gasteiger partial charge in [0.05, 0.1) is 6.54 Å². The van der Waals surface area contributed by atoms with Crippen LogP contribution in [0, 0.1) is 0 Å². The van der Waals surface area contributed by atoms with Crippen LogP contribution in [-0.2, 0) is 16.1 Å². The molecule has 1 aliphatic heterocycles. The van der Waals surface area contributed by atoms with Crippen LogP contribution in [0.4, 0.5) is 0 Å². The van der Waals surface area contributed by atoms with Crippen LogP contribution in [0.3, 0.4) is 0 Å². The topological polar surface area (TPSA) is 65.2 Å². The van der Waals surface area contributed by atoms with Crippen LogP contribution in [0.25, 0.3) is 10.9 Å². The van der Waals surface area contributed by atoms with Gasteiger partial charge in [-0.25, -0.2) is 0 Å². The molecule has 2 heterocycles. The van der Waals surface area contributed by atoms with Gasteiger partial charge in [0.25, 0.3) is 0 Å². The maximum absolute atomic E-state index is 11.6. The van der Waals surface area contributed by atoms with Crippen molar-refractivity contribution in [2.75, 3.05) is 13.1 Å². The number of nitrogens with zero attached hydrogens (tertiary/aromatic N) is 1. The van der Waals surface area contributed by atoms with E-state index in [0.717, 1.165) is 16.6 Å². The van der Waals surface area contributed by atoms with Crippen LogP contribution < -0.4 is 5.32 Å². The number of aromatic amines is 1. The van der Waals surface area contributed by atoms with Gasteiger partial charge < -0.3 is 15.2 Å². The summed E-state index contributed by atoms with van der Waals surface area (Å²) in [6.07, 6.45) is 0. The van der Waals surface area contributed by atoms with E-state index in [1.807, 2.05) is 30.3 Å². The van der Waals surface area contributed by atoms with Gasteiger partial charge in [-0.05, 0) is 17.5 Å². The van der Waals surface area contributed by atoms with Crippen molar-refractivity contribution in [3.63, 3.8) is 0 Å². The third-order valence-electron chi connectivity index (χ3n) is 3.10. The Morgan fingerprint density at radius 2 is 2.06 bits per heavy atom. The van der Waals surface area contributed by atoms with E-state index in [4.69, 9.17) is 0 Å². The summed E-state index contributed by atoms with van der Waals surface area (Å²) >= 11 is 0. The first-order chi connectivity index (χ1) is 8.74. The van der Waals surface area contributed by atoms with Crippen molar-refractivity contribution in [1.82, 2.24) is 15.2 Å². The highest BCUT2D eigenvalue weighted by atomic mass is 16.2. The van der Waals surface area contributed by atoms with Crippen molar-refractivity contribution in [2.45, 2.75) is 6.54 Å². The molecule has 0 saturated carbocycles. The Kier molecular flexibility index (Phi) is 2.51. The summed E-state index contributed by atoms with van der Waals surface area (Å²) in [6, 6.07) is 9.94. The Bertz CT molecular complexity index is 584. The molecule has 2 N–H and O–H groups in total. The number of benzene rings is 1. The van der Waals surface area contributed by atoms with Crippen molar-refractivity contribution in [3.05, 3.63) is 36.0 Å². The molecule has 92 valence electrons. The summed E-state index contributed by atoms with van der Waals surface area (Å²) in [5.74, 6) is -0.975. The molecule has 0 atom stereocenters. The molecule has 1 saturated heterocycles. The molecule has 18 heavy (non-hydrogen) atoms. The van der Waals surface area contributed by atoms with Gasteiger partial charge >= 0.3 is 11.8 Å². The van der Waals surface area contributed by atoms with Crippen LogP contribution in [-0.4, -0.2) is 34.8 Å². The van der Waals surface area contributed by atoms with Gasteiger partial charge in [-0.2, -0.15) is 0 Å². The van der Waals surface area contributed by atoms with Crippen LogP contribution in [0.5, 0.6) is 0 Å². The van der Waals surface area contributed by atoms with Crippen molar-refractivity contribution in [3.8, 4) is 0 Å². The number of nitrogens with one attached hydrogen (secondary N) is 2. The number of fused-ring (bicyclic) bond motifs is 1. The lowest BCUT2D eigenvalue weighted by Gasteiger charge is -2.25. The molecule has 1 aromatic carbocycles. The third kappa shape index (κ3) is 1.84. The highest BCUT2D eigenvalue weighted by molar-refractivity contribution is 6.35. The summed E-state index contributed by atoms with van der Waals surface area (Å²) in [4.78, 5) is 27.7. The molecule has 0 aliphatic carbocycles. The lowest BCUT2D eigenvalue weighted by atomic mass is 10.2. The Hall–Kier alpha value is -2.30. The molecule has 2 amide bonds. The summed E-state index contributed by atoms with van der Waals surface area (Å²) in [7, 11) is 0. The standard InChI is InChI=1S/C13H13N3O2/c17-12-13(18)16(6-5-14-12)8-10-7-9-3-1-2-4-11(9)15-10/h1-4,7,15H,5-6,8H2,(H,14,17). The van der Waals surface area contributed by atoms with E-state index in [0.29, 0.717) is 19.6 Å². The summed E-state index contributed by atoms with van der Waals surface area (Å²) < 4.78 is 0. The molecule has 5 nitrogen and oxygen atoms in total. The SMILES string of the molecule is O=C1NCCN(Cc2cc3ccccc3[nH]2)C1=O. The second kappa shape index (κ2) is 4.18. The molecule has 5 heteroatoms. The van der Waals surface area contributed by atoms with Crippen molar-refractivity contribution >= 4 is 22.7 Å². The molecule has 0 bridgehead atoms. The fourth-order valence-corrected chi connectivity index (χ4v) is 2.20. The predicted octanol–water partition coefficient (Wildman–Crippen LogP) is 0.626. The highest BCUT2D eigenvalue weighted by Crippen LogP contribution is 2.16. The van der Waals surface area contributed by atoms with Gasteiger partial charge in [-0.15, -0.1) is 0 Å². The van der Waals surface area contributed by atoms with Crippen molar-refractivity contribution in [1.29, 1.82) is 0 Å². The number of hydrogen-bond donors (Lipinski definition) is 2. The zero-order chi connectivity index (χ0) is 12.5. The normalized spacial score (nSPS) is 16.1. The van der Waals surface area contributed by atoms with Crippen LogP contribution in [0.2, 0.25) is 0 Å². The minimum Gasteiger partial charge on any atom is -0.357 e. The molecule has 1 aromatic heterocycles. The van der Waals surface area contributed by atoms with E-state index >= 15 is 0 Å². The molecule has 2 aromatic rings. The molecule has 0 unspecified atom stereocenters. The van der Waals surface area contributed by atoms with E-state index < -0.39 is 11.8 Å². The zero-order valence-electron chi connectivity index (χ0n) is 9.77. The van der Waals surface area contributed by atoms with Crippen molar-refractivity contribution in [2.24, 2.45) is 0 Å². The minimum absolute atomic E-state index is 0.445. The number of aromatic nitrogens is 1. The number of H-pyrrole nitrogens is 1. The number of rotatable bonds is 2. The van der Waals surface area contributed by atoms with Gasteiger partial charge in [0.2, 0.25) is 0 Å². The Balaban J connectivity index is 1.83. The molecular weight excluding hydrogens is 230 g/mol. The van der Waals surface area contributed by atoms with E-state index in [-0.39, 0.29) is 0 Å². The highest BCUT2D eigenvalue weighted by Gasteiger charge is 2.26. The van der Waals surface area contributed by atoms with Crippen LogP contribution >= 0.6 is 0 Å². The molecule has 1 fully saturated rings.